The van der Waals surface area contributed by atoms with Gasteiger partial charge in [0.05, 0.1) is 18.0 Å². The van der Waals surface area contributed by atoms with E-state index in [0.717, 1.165) is 17.0 Å². The number of H-pyrrole nitrogens is 1. The highest BCUT2D eigenvalue weighted by molar-refractivity contribution is 7.99. The Bertz CT molecular complexity index is 849. The van der Waals surface area contributed by atoms with Crippen molar-refractivity contribution in [2.75, 3.05) is 30.9 Å². The Labute approximate surface area is 166 Å². The highest BCUT2D eigenvalue weighted by Crippen LogP contribution is 2.24. The quantitative estimate of drug-likeness (QED) is 0.614. The van der Waals surface area contributed by atoms with Crippen molar-refractivity contribution in [3.8, 4) is 0 Å². The Balaban J connectivity index is 1.88. The van der Waals surface area contributed by atoms with Crippen molar-refractivity contribution in [3.05, 3.63) is 34.7 Å². The second-order valence-corrected chi connectivity index (χ2v) is 7.54. The summed E-state index contributed by atoms with van der Waals surface area (Å²) in [6.07, 6.45) is 2.73. The SMILES string of the molecule is CCCn1c(SCC(=O)N(C)CC(=O)Nc2ccccc2SC)n[nH]c1=O. The molecule has 2 aromatic rings. The van der Waals surface area contributed by atoms with Crippen molar-refractivity contribution >= 4 is 41.0 Å². The first kappa shape index (κ1) is 21.1. The molecule has 1 heterocycles. The van der Waals surface area contributed by atoms with Crippen LogP contribution in [0.15, 0.2) is 39.1 Å². The Morgan fingerprint density at radius 3 is 2.78 bits per heavy atom. The third kappa shape index (κ3) is 5.90. The van der Waals surface area contributed by atoms with Gasteiger partial charge >= 0.3 is 5.69 Å². The number of nitrogens with one attached hydrogen (secondary N) is 2. The number of thioether (sulfide) groups is 2. The molecule has 0 aliphatic heterocycles. The highest BCUT2D eigenvalue weighted by Gasteiger charge is 2.16. The molecule has 0 radical (unpaired) electrons. The van der Waals surface area contributed by atoms with Gasteiger partial charge in [0.1, 0.15) is 0 Å². The van der Waals surface area contributed by atoms with E-state index in [4.69, 9.17) is 0 Å². The van der Waals surface area contributed by atoms with Gasteiger partial charge in [0.25, 0.3) is 0 Å². The molecule has 0 aliphatic carbocycles. The van der Waals surface area contributed by atoms with Gasteiger partial charge in [-0.25, -0.2) is 9.89 Å². The second kappa shape index (κ2) is 10.2. The predicted octanol–water partition coefficient (Wildman–Crippen LogP) is 1.89. The van der Waals surface area contributed by atoms with Crippen LogP contribution in [0.25, 0.3) is 0 Å². The number of hydrogen-bond acceptors (Lipinski definition) is 6. The summed E-state index contributed by atoms with van der Waals surface area (Å²) in [6, 6.07) is 7.50. The lowest BCUT2D eigenvalue weighted by molar-refractivity contribution is -0.131. The van der Waals surface area contributed by atoms with E-state index >= 15 is 0 Å². The zero-order valence-corrected chi connectivity index (χ0v) is 17.2. The fourth-order valence-corrected chi connectivity index (χ4v) is 3.78. The number of aromatic amines is 1. The summed E-state index contributed by atoms with van der Waals surface area (Å²) in [7, 11) is 1.58. The van der Waals surface area contributed by atoms with Gasteiger partial charge in [-0.1, -0.05) is 30.8 Å². The molecule has 146 valence electrons. The maximum absolute atomic E-state index is 12.3. The molecule has 0 saturated heterocycles. The Kier molecular flexibility index (Phi) is 7.99. The number of nitrogens with zero attached hydrogens (tertiary/aromatic N) is 3. The first-order chi connectivity index (χ1) is 13.0. The summed E-state index contributed by atoms with van der Waals surface area (Å²) < 4.78 is 1.50. The molecular formula is C17H23N5O3S2. The van der Waals surface area contributed by atoms with Gasteiger partial charge in [-0.05, 0) is 24.8 Å². The van der Waals surface area contributed by atoms with E-state index in [-0.39, 0.29) is 29.8 Å². The van der Waals surface area contributed by atoms with Crippen LogP contribution in [0.1, 0.15) is 13.3 Å². The van der Waals surface area contributed by atoms with Gasteiger partial charge in [-0.15, -0.1) is 16.9 Å². The lowest BCUT2D eigenvalue weighted by Crippen LogP contribution is -2.36. The van der Waals surface area contributed by atoms with Crippen LogP contribution in [-0.4, -0.2) is 57.1 Å². The van der Waals surface area contributed by atoms with Gasteiger partial charge < -0.3 is 10.2 Å². The molecule has 0 bridgehead atoms. The van der Waals surface area contributed by atoms with Gasteiger partial charge in [0.2, 0.25) is 11.8 Å². The number of anilines is 1. The molecule has 2 amide bonds. The molecule has 0 aliphatic rings. The first-order valence-corrected chi connectivity index (χ1v) is 10.6. The van der Waals surface area contributed by atoms with Crippen molar-refractivity contribution < 1.29 is 9.59 Å². The molecule has 0 unspecified atom stereocenters. The van der Waals surface area contributed by atoms with Crippen molar-refractivity contribution in [3.63, 3.8) is 0 Å². The Morgan fingerprint density at radius 2 is 2.07 bits per heavy atom. The molecule has 2 N–H and O–H groups in total. The molecule has 1 aromatic heterocycles. The van der Waals surface area contributed by atoms with Crippen molar-refractivity contribution in [1.82, 2.24) is 19.7 Å². The van der Waals surface area contributed by atoms with E-state index in [1.54, 1.807) is 7.05 Å². The summed E-state index contributed by atoms with van der Waals surface area (Å²) in [5.74, 6) is -0.383. The molecule has 0 fully saturated rings. The van der Waals surface area contributed by atoms with E-state index < -0.39 is 0 Å². The number of para-hydroxylation sites is 1. The van der Waals surface area contributed by atoms with Crippen molar-refractivity contribution in [1.29, 1.82) is 0 Å². The second-order valence-electron chi connectivity index (χ2n) is 5.75. The molecular weight excluding hydrogens is 386 g/mol. The summed E-state index contributed by atoms with van der Waals surface area (Å²) in [6.45, 7) is 2.45. The number of carbonyl (C=O) groups is 2. The summed E-state index contributed by atoms with van der Waals surface area (Å²) in [5, 5.41) is 9.63. The largest absolute Gasteiger partial charge is 0.343 e. The zero-order chi connectivity index (χ0) is 19.8. The van der Waals surface area contributed by atoms with Crippen LogP contribution in [0.5, 0.6) is 0 Å². The maximum Gasteiger partial charge on any atom is 0.343 e. The van der Waals surface area contributed by atoms with Crippen LogP contribution in [0.3, 0.4) is 0 Å². The monoisotopic (exact) mass is 409 g/mol. The average molecular weight is 410 g/mol. The van der Waals surface area contributed by atoms with E-state index in [2.05, 4.69) is 15.5 Å². The molecule has 27 heavy (non-hydrogen) atoms. The summed E-state index contributed by atoms with van der Waals surface area (Å²) in [5.41, 5.74) is 0.442. The fourth-order valence-electron chi connectivity index (χ4n) is 2.31. The van der Waals surface area contributed by atoms with Crippen LogP contribution in [0, 0.1) is 0 Å². The number of likely N-dealkylation sites (N-methyl/N-ethyl adjacent to an activating group) is 1. The Hall–Kier alpha value is -2.20. The fraction of sp³-hybridized carbons (Fsp3) is 0.412. The van der Waals surface area contributed by atoms with Crippen LogP contribution >= 0.6 is 23.5 Å². The van der Waals surface area contributed by atoms with E-state index in [9.17, 15) is 14.4 Å². The standard InChI is InChI=1S/C17H23N5O3S2/c1-4-9-22-16(25)19-20-17(22)27-11-15(24)21(2)10-14(23)18-12-7-5-6-8-13(12)26-3/h5-8H,4,9-11H2,1-3H3,(H,18,23)(H,19,25). The minimum absolute atomic E-state index is 0.0512. The van der Waals surface area contributed by atoms with Gasteiger partial charge in [-0.3, -0.25) is 14.2 Å². The highest BCUT2D eigenvalue weighted by atomic mass is 32.2. The first-order valence-electron chi connectivity index (χ1n) is 8.41. The lowest BCUT2D eigenvalue weighted by atomic mass is 10.3. The molecule has 8 nitrogen and oxygen atoms in total. The van der Waals surface area contributed by atoms with Crippen molar-refractivity contribution in [2.24, 2.45) is 0 Å². The number of hydrogen-bond donors (Lipinski definition) is 2. The molecule has 1 aromatic carbocycles. The van der Waals surface area contributed by atoms with E-state index in [1.807, 2.05) is 37.4 Å². The summed E-state index contributed by atoms with van der Waals surface area (Å²) in [4.78, 5) is 38.5. The van der Waals surface area contributed by atoms with Crippen LogP contribution in [0.2, 0.25) is 0 Å². The average Bonchev–Trinajstić information content (AvgIpc) is 3.00. The normalized spacial score (nSPS) is 10.6. The van der Waals surface area contributed by atoms with Crippen LogP contribution < -0.4 is 11.0 Å². The number of amides is 2. The minimum Gasteiger partial charge on any atom is -0.336 e. The van der Waals surface area contributed by atoms with Gasteiger partial charge in [0, 0.05) is 18.5 Å². The number of aromatic nitrogens is 3. The number of carbonyl (C=O) groups excluding carboxylic acids is 2. The predicted molar refractivity (Wildman–Crippen MR) is 108 cm³/mol. The Morgan fingerprint density at radius 1 is 1.33 bits per heavy atom. The third-order valence-electron chi connectivity index (χ3n) is 3.68. The zero-order valence-electron chi connectivity index (χ0n) is 15.5. The minimum atomic E-state index is -0.285. The molecule has 0 spiro atoms. The van der Waals surface area contributed by atoms with Gasteiger partial charge in [-0.2, -0.15) is 0 Å². The molecule has 2 rings (SSSR count). The van der Waals surface area contributed by atoms with Gasteiger partial charge in [0.15, 0.2) is 5.16 Å². The van der Waals surface area contributed by atoms with Crippen LogP contribution in [-0.2, 0) is 16.1 Å². The van der Waals surface area contributed by atoms with E-state index in [0.29, 0.717) is 11.7 Å². The topological polar surface area (TPSA) is 100 Å². The number of rotatable bonds is 9. The smallest absolute Gasteiger partial charge is 0.336 e. The summed E-state index contributed by atoms with van der Waals surface area (Å²) >= 11 is 2.71. The third-order valence-corrected chi connectivity index (χ3v) is 5.44. The van der Waals surface area contributed by atoms with E-state index in [1.165, 1.54) is 33.0 Å². The molecule has 0 atom stereocenters. The maximum atomic E-state index is 12.3. The lowest BCUT2D eigenvalue weighted by Gasteiger charge is -2.17. The molecule has 10 heteroatoms. The molecule has 0 saturated carbocycles. The van der Waals surface area contributed by atoms with Crippen LogP contribution in [0.4, 0.5) is 5.69 Å². The number of benzene rings is 1. The van der Waals surface area contributed by atoms with Crippen molar-refractivity contribution in [2.45, 2.75) is 29.9 Å².